The summed E-state index contributed by atoms with van der Waals surface area (Å²) in [6.45, 7) is 9.92. The van der Waals surface area contributed by atoms with Crippen molar-refractivity contribution >= 4 is 28.3 Å². The smallest absolute Gasteiger partial charge is 0.263 e. The Hall–Kier alpha value is -2.22. The molecule has 26 heavy (non-hydrogen) atoms. The monoisotopic (exact) mass is 372 g/mol. The normalized spacial score (nSPS) is 18.6. The van der Waals surface area contributed by atoms with Crippen LogP contribution >= 0.6 is 11.3 Å². The van der Waals surface area contributed by atoms with Gasteiger partial charge in [0.1, 0.15) is 5.39 Å². The van der Waals surface area contributed by atoms with Gasteiger partial charge in [-0.3, -0.25) is 9.78 Å². The average Bonchev–Trinajstić information content (AvgIpc) is 3.21. The summed E-state index contributed by atoms with van der Waals surface area (Å²) >= 11 is 1.72. The van der Waals surface area contributed by atoms with Crippen molar-refractivity contribution in [3.05, 3.63) is 32.6 Å². The van der Waals surface area contributed by atoms with Crippen LogP contribution in [0.5, 0.6) is 0 Å². The van der Waals surface area contributed by atoms with Crippen molar-refractivity contribution in [3.8, 4) is 0 Å². The molecule has 4 rings (SSSR count). The van der Waals surface area contributed by atoms with Gasteiger partial charge in [0.2, 0.25) is 5.95 Å². The van der Waals surface area contributed by atoms with E-state index in [1.165, 1.54) is 5.01 Å². The van der Waals surface area contributed by atoms with E-state index in [4.69, 9.17) is 4.98 Å². The number of piperidine rings is 1. The SMILES string of the molecule is Cc1csc(C2CCCN(c3nc4c(cnn4C(C)(C)C)c(=O)[nH]3)C2)n1. The van der Waals surface area contributed by atoms with Crippen LogP contribution in [0.25, 0.3) is 11.0 Å². The van der Waals surface area contributed by atoms with Crippen molar-refractivity contribution in [1.29, 1.82) is 0 Å². The summed E-state index contributed by atoms with van der Waals surface area (Å²) in [5.41, 5.74) is 1.35. The third-order valence-electron chi connectivity index (χ3n) is 4.77. The van der Waals surface area contributed by atoms with E-state index in [-0.39, 0.29) is 11.1 Å². The molecule has 1 unspecified atom stereocenters. The number of rotatable bonds is 2. The van der Waals surface area contributed by atoms with Crippen LogP contribution in [0.4, 0.5) is 5.95 Å². The molecule has 7 nitrogen and oxygen atoms in total. The number of hydrogen-bond donors (Lipinski definition) is 1. The Kier molecular flexibility index (Phi) is 4.10. The first-order chi connectivity index (χ1) is 12.3. The molecule has 1 saturated heterocycles. The van der Waals surface area contributed by atoms with Gasteiger partial charge in [-0.05, 0) is 40.5 Å². The first kappa shape index (κ1) is 17.2. The van der Waals surface area contributed by atoms with Crippen LogP contribution in [0.15, 0.2) is 16.4 Å². The van der Waals surface area contributed by atoms with Crippen molar-refractivity contribution in [2.45, 2.75) is 52.0 Å². The quantitative estimate of drug-likeness (QED) is 0.748. The van der Waals surface area contributed by atoms with E-state index in [0.717, 1.165) is 31.6 Å². The van der Waals surface area contributed by atoms with E-state index in [0.29, 0.717) is 22.9 Å². The zero-order valence-corrected chi connectivity index (χ0v) is 16.4. The fraction of sp³-hybridized carbons (Fsp3) is 0.556. The summed E-state index contributed by atoms with van der Waals surface area (Å²) in [6.07, 6.45) is 3.78. The van der Waals surface area contributed by atoms with Crippen molar-refractivity contribution in [1.82, 2.24) is 24.7 Å². The van der Waals surface area contributed by atoms with E-state index in [1.807, 2.05) is 11.6 Å². The second kappa shape index (κ2) is 6.19. The van der Waals surface area contributed by atoms with Crippen LogP contribution in [-0.4, -0.2) is 37.8 Å². The molecule has 3 aromatic rings. The summed E-state index contributed by atoms with van der Waals surface area (Å²) in [5.74, 6) is 1.02. The van der Waals surface area contributed by atoms with E-state index in [9.17, 15) is 4.79 Å². The highest BCUT2D eigenvalue weighted by atomic mass is 32.1. The van der Waals surface area contributed by atoms with Gasteiger partial charge in [-0.25, -0.2) is 9.67 Å². The lowest BCUT2D eigenvalue weighted by Crippen LogP contribution is -2.36. The molecule has 1 aliphatic rings. The molecule has 138 valence electrons. The number of nitrogens with zero attached hydrogens (tertiary/aromatic N) is 5. The number of thiazole rings is 1. The minimum Gasteiger partial charge on any atom is -0.342 e. The lowest BCUT2D eigenvalue weighted by Gasteiger charge is -2.32. The number of hydrogen-bond acceptors (Lipinski definition) is 6. The van der Waals surface area contributed by atoms with Crippen molar-refractivity contribution in [2.24, 2.45) is 0 Å². The van der Waals surface area contributed by atoms with E-state index >= 15 is 0 Å². The zero-order valence-electron chi connectivity index (χ0n) is 15.6. The molecule has 3 aromatic heterocycles. The molecule has 0 spiro atoms. The van der Waals surface area contributed by atoms with Crippen LogP contribution < -0.4 is 10.5 Å². The van der Waals surface area contributed by atoms with Crippen molar-refractivity contribution < 1.29 is 0 Å². The maximum atomic E-state index is 12.6. The van der Waals surface area contributed by atoms with Crippen LogP contribution in [0.2, 0.25) is 0 Å². The Morgan fingerprint density at radius 2 is 2.12 bits per heavy atom. The maximum absolute atomic E-state index is 12.6. The van der Waals surface area contributed by atoms with Gasteiger partial charge in [-0.15, -0.1) is 11.3 Å². The molecule has 1 N–H and O–H groups in total. The fourth-order valence-corrected chi connectivity index (χ4v) is 4.40. The van der Waals surface area contributed by atoms with Gasteiger partial charge < -0.3 is 4.90 Å². The molecule has 0 radical (unpaired) electrons. The second-order valence-corrected chi connectivity index (χ2v) is 8.86. The predicted octanol–water partition coefficient (Wildman–Crippen LogP) is 3.02. The molecule has 1 atom stereocenters. The molecule has 1 fully saturated rings. The third kappa shape index (κ3) is 3.02. The van der Waals surface area contributed by atoms with Gasteiger partial charge in [-0.1, -0.05) is 0 Å². The number of anilines is 1. The highest BCUT2D eigenvalue weighted by Crippen LogP contribution is 2.30. The summed E-state index contributed by atoms with van der Waals surface area (Å²) in [5, 5.41) is 8.20. The van der Waals surface area contributed by atoms with Gasteiger partial charge >= 0.3 is 0 Å². The lowest BCUT2D eigenvalue weighted by molar-refractivity contribution is 0.365. The van der Waals surface area contributed by atoms with Crippen molar-refractivity contribution in [3.63, 3.8) is 0 Å². The largest absolute Gasteiger partial charge is 0.342 e. The summed E-state index contributed by atoms with van der Waals surface area (Å²) in [6, 6.07) is 0. The van der Waals surface area contributed by atoms with Crippen LogP contribution in [-0.2, 0) is 5.54 Å². The Labute approximate surface area is 156 Å². The summed E-state index contributed by atoms with van der Waals surface area (Å²) < 4.78 is 1.83. The summed E-state index contributed by atoms with van der Waals surface area (Å²) in [7, 11) is 0. The molecule has 0 aliphatic carbocycles. The molecule has 4 heterocycles. The van der Waals surface area contributed by atoms with Gasteiger partial charge in [0, 0.05) is 30.1 Å². The van der Waals surface area contributed by atoms with Crippen molar-refractivity contribution in [2.75, 3.05) is 18.0 Å². The van der Waals surface area contributed by atoms with E-state index in [2.05, 4.69) is 46.1 Å². The first-order valence-electron chi connectivity index (χ1n) is 8.98. The van der Waals surface area contributed by atoms with Crippen LogP contribution in [0, 0.1) is 6.92 Å². The topological polar surface area (TPSA) is 79.7 Å². The number of aryl methyl sites for hydroxylation is 1. The molecule has 1 aliphatic heterocycles. The minimum absolute atomic E-state index is 0.132. The predicted molar refractivity (Wildman–Crippen MR) is 104 cm³/mol. The molecular formula is C18H24N6OS. The zero-order chi connectivity index (χ0) is 18.5. The number of fused-ring (bicyclic) bond motifs is 1. The molecule has 8 heteroatoms. The molecule has 0 saturated carbocycles. The van der Waals surface area contributed by atoms with Crippen LogP contribution in [0.3, 0.4) is 0 Å². The molecule has 0 amide bonds. The highest BCUT2D eigenvalue weighted by Gasteiger charge is 2.26. The number of nitrogens with one attached hydrogen (secondary N) is 1. The van der Waals surface area contributed by atoms with Gasteiger partial charge in [0.05, 0.1) is 16.7 Å². The average molecular weight is 372 g/mol. The van der Waals surface area contributed by atoms with Gasteiger partial charge in [-0.2, -0.15) is 10.1 Å². The number of aromatic nitrogens is 5. The van der Waals surface area contributed by atoms with Crippen LogP contribution in [0.1, 0.15) is 50.2 Å². The minimum atomic E-state index is -0.233. The Morgan fingerprint density at radius 1 is 1.31 bits per heavy atom. The third-order valence-corrected chi connectivity index (χ3v) is 5.89. The van der Waals surface area contributed by atoms with E-state index < -0.39 is 0 Å². The lowest BCUT2D eigenvalue weighted by atomic mass is 9.99. The Balaban J connectivity index is 1.70. The van der Waals surface area contributed by atoms with Gasteiger partial charge in [0.25, 0.3) is 5.56 Å². The summed E-state index contributed by atoms with van der Waals surface area (Å²) in [4.78, 5) is 27.1. The maximum Gasteiger partial charge on any atom is 0.263 e. The number of H-pyrrole nitrogens is 1. The number of aromatic amines is 1. The first-order valence-corrected chi connectivity index (χ1v) is 9.86. The van der Waals surface area contributed by atoms with Gasteiger partial charge in [0.15, 0.2) is 5.65 Å². The molecular weight excluding hydrogens is 348 g/mol. The standard InChI is InChI=1S/C18H24N6OS/c1-11-10-26-16(20-11)12-6-5-7-23(9-12)17-21-14-13(15(25)22-17)8-19-24(14)18(2,3)4/h8,10,12H,5-7,9H2,1-4H3,(H,21,22,25). The molecule has 0 bridgehead atoms. The molecule has 0 aromatic carbocycles. The van der Waals surface area contributed by atoms with E-state index in [1.54, 1.807) is 17.5 Å². The second-order valence-electron chi connectivity index (χ2n) is 7.97. The highest BCUT2D eigenvalue weighted by molar-refractivity contribution is 7.09. The fourth-order valence-electron chi connectivity index (χ4n) is 3.48. The Bertz CT molecular complexity index is 995. The Morgan fingerprint density at radius 3 is 2.81 bits per heavy atom.